The number of carbonyl (C=O) groups excluding carboxylic acids is 2. The number of nitrogen functional groups attached to an aromatic ring is 1. The monoisotopic (exact) mass is 228 g/mol. The SMILES string of the molecule is CCOC(=O)c1nnn(CC(=O)OC)c1N. The van der Waals surface area contributed by atoms with Crippen LogP contribution in [-0.4, -0.2) is 40.6 Å². The van der Waals surface area contributed by atoms with Gasteiger partial charge in [-0.2, -0.15) is 0 Å². The van der Waals surface area contributed by atoms with Crippen LogP contribution in [0.1, 0.15) is 17.4 Å². The quantitative estimate of drug-likeness (QED) is 0.672. The third-order valence-electron chi connectivity index (χ3n) is 1.75. The summed E-state index contributed by atoms with van der Waals surface area (Å²) in [4.78, 5) is 22.3. The Labute approximate surface area is 91.3 Å². The zero-order valence-corrected chi connectivity index (χ0v) is 8.97. The van der Waals surface area contributed by atoms with E-state index >= 15 is 0 Å². The lowest BCUT2D eigenvalue weighted by Crippen LogP contribution is -2.15. The lowest BCUT2D eigenvalue weighted by Gasteiger charge is -2.01. The first-order chi connectivity index (χ1) is 7.60. The number of ether oxygens (including phenoxy) is 2. The highest BCUT2D eigenvalue weighted by atomic mass is 16.5. The molecule has 1 aromatic heterocycles. The van der Waals surface area contributed by atoms with Crippen molar-refractivity contribution in [1.29, 1.82) is 0 Å². The van der Waals surface area contributed by atoms with Gasteiger partial charge in [-0.25, -0.2) is 9.48 Å². The molecule has 0 aliphatic heterocycles. The van der Waals surface area contributed by atoms with Crippen LogP contribution >= 0.6 is 0 Å². The number of hydrogen-bond acceptors (Lipinski definition) is 7. The Bertz CT molecular complexity index is 401. The predicted octanol–water partition coefficient (Wildman–Crippen LogP) is -0.790. The molecule has 0 saturated carbocycles. The minimum absolute atomic E-state index is 0.0242. The summed E-state index contributed by atoms with van der Waals surface area (Å²) >= 11 is 0. The summed E-state index contributed by atoms with van der Waals surface area (Å²) in [5.74, 6) is -1.23. The fourth-order valence-electron chi connectivity index (χ4n) is 0.969. The Hall–Kier alpha value is -2.12. The van der Waals surface area contributed by atoms with Crippen LogP contribution in [0.25, 0.3) is 0 Å². The molecule has 16 heavy (non-hydrogen) atoms. The van der Waals surface area contributed by atoms with Crippen molar-refractivity contribution >= 4 is 17.8 Å². The molecule has 0 atom stereocenters. The molecule has 1 heterocycles. The van der Waals surface area contributed by atoms with Crippen LogP contribution in [0.15, 0.2) is 0 Å². The van der Waals surface area contributed by atoms with Gasteiger partial charge in [0.25, 0.3) is 0 Å². The van der Waals surface area contributed by atoms with Gasteiger partial charge in [0.05, 0.1) is 13.7 Å². The first-order valence-electron chi connectivity index (χ1n) is 4.53. The standard InChI is InChI=1S/C8H12N4O4/c1-3-16-8(14)6-7(9)12(11-10-6)4-5(13)15-2/h3-4,9H2,1-2H3. The molecule has 88 valence electrons. The van der Waals surface area contributed by atoms with Crippen molar-refractivity contribution in [2.45, 2.75) is 13.5 Å². The summed E-state index contributed by atoms with van der Waals surface area (Å²) in [7, 11) is 1.24. The largest absolute Gasteiger partial charge is 0.468 e. The number of nitrogens with two attached hydrogens (primary N) is 1. The molecule has 0 fully saturated rings. The first kappa shape index (κ1) is 12.0. The number of methoxy groups -OCH3 is 1. The zero-order chi connectivity index (χ0) is 12.1. The minimum Gasteiger partial charge on any atom is -0.468 e. The van der Waals surface area contributed by atoms with Gasteiger partial charge in [0, 0.05) is 0 Å². The summed E-state index contributed by atoms with van der Waals surface area (Å²) < 4.78 is 10.2. The number of nitrogens with zero attached hydrogens (tertiary/aromatic N) is 3. The minimum atomic E-state index is -0.670. The van der Waals surface area contributed by atoms with Gasteiger partial charge in [0.2, 0.25) is 5.69 Å². The van der Waals surface area contributed by atoms with E-state index in [0.29, 0.717) is 0 Å². The van der Waals surface area contributed by atoms with E-state index in [1.807, 2.05) is 0 Å². The molecule has 0 bridgehead atoms. The van der Waals surface area contributed by atoms with E-state index < -0.39 is 11.9 Å². The van der Waals surface area contributed by atoms with Crippen molar-refractivity contribution in [1.82, 2.24) is 15.0 Å². The smallest absolute Gasteiger partial charge is 0.362 e. The molecule has 0 spiro atoms. The highest BCUT2D eigenvalue weighted by Crippen LogP contribution is 2.09. The Morgan fingerprint density at radius 3 is 2.75 bits per heavy atom. The molecule has 1 rings (SSSR count). The predicted molar refractivity (Wildman–Crippen MR) is 52.4 cm³/mol. The fourth-order valence-corrected chi connectivity index (χ4v) is 0.969. The molecule has 0 aliphatic carbocycles. The van der Waals surface area contributed by atoms with Crippen LogP contribution in [0.5, 0.6) is 0 Å². The molecule has 8 heteroatoms. The highest BCUT2D eigenvalue weighted by molar-refractivity contribution is 5.92. The fraction of sp³-hybridized carbons (Fsp3) is 0.500. The normalized spacial score (nSPS) is 9.88. The molecule has 2 N–H and O–H groups in total. The second-order valence-electron chi connectivity index (χ2n) is 2.78. The lowest BCUT2D eigenvalue weighted by atomic mass is 10.4. The average molecular weight is 228 g/mol. The van der Waals surface area contributed by atoms with E-state index in [2.05, 4.69) is 15.0 Å². The van der Waals surface area contributed by atoms with Gasteiger partial charge in [-0.05, 0) is 6.92 Å². The zero-order valence-electron chi connectivity index (χ0n) is 8.97. The highest BCUT2D eigenvalue weighted by Gasteiger charge is 2.19. The summed E-state index contributed by atoms with van der Waals surface area (Å²) in [6.07, 6.45) is 0. The molecule has 0 unspecified atom stereocenters. The van der Waals surface area contributed by atoms with Gasteiger partial charge < -0.3 is 15.2 Å². The number of aromatic nitrogens is 3. The van der Waals surface area contributed by atoms with Gasteiger partial charge in [-0.1, -0.05) is 5.21 Å². The van der Waals surface area contributed by atoms with Gasteiger partial charge in [-0.3, -0.25) is 4.79 Å². The summed E-state index contributed by atoms with van der Waals surface area (Å²) in [6.45, 7) is 1.67. The summed E-state index contributed by atoms with van der Waals surface area (Å²) in [5.41, 5.74) is 5.46. The van der Waals surface area contributed by atoms with E-state index in [9.17, 15) is 9.59 Å². The van der Waals surface area contributed by atoms with Crippen molar-refractivity contribution in [3.63, 3.8) is 0 Å². The Balaban J connectivity index is 2.84. The maximum Gasteiger partial charge on any atom is 0.362 e. The van der Waals surface area contributed by atoms with Crippen molar-refractivity contribution in [2.75, 3.05) is 19.5 Å². The Kier molecular flexibility index (Phi) is 3.81. The Morgan fingerprint density at radius 2 is 2.19 bits per heavy atom. The van der Waals surface area contributed by atoms with Crippen LogP contribution in [0, 0.1) is 0 Å². The molecule has 0 amide bonds. The van der Waals surface area contributed by atoms with Crippen molar-refractivity contribution in [2.24, 2.45) is 0 Å². The van der Waals surface area contributed by atoms with Gasteiger partial charge in [0.15, 0.2) is 5.82 Å². The van der Waals surface area contributed by atoms with Crippen LogP contribution < -0.4 is 5.73 Å². The number of anilines is 1. The van der Waals surface area contributed by atoms with E-state index in [0.717, 1.165) is 4.68 Å². The molecule has 0 aromatic carbocycles. The molecule has 0 aliphatic rings. The number of carbonyl (C=O) groups is 2. The van der Waals surface area contributed by atoms with Crippen LogP contribution in [0.4, 0.5) is 5.82 Å². The lowest BCUT2D eigenvalue weighted by molar-refractivity contribution is -0.141. The second-order valence-corrected chi connectivity index (χ2v) is 2.78. The van der Waals surface area contributed by atoms with Gasteiger partial charge in [-0.15, -0.1) is 5.10 Å². The maximum atomic E-state index is 11.3. The number of esters is 2. The van der Waals surface area contributed by atoms with Gasteiger partial charge >= 0.3 is 11.9 Å². The topological polar surface area (TPSA) is 109 Å². The van der Waals surface area contributed by atoms with E-state index in [-0.39, 0.29) is 24.7 Å². The maximum absolute atomic E-state index is 11.3. The number of hydrogen-bond donors (Lipinski definition) is 1. The van der Waals surface area contributed by atoms with Crippen LogP contribution in [0.2, 0.25) is 0 Å². The molecule has 1 aromatic rings. The van der Waals surface area contributed by atoms with Crippen LogP contribution in [-0.2, 0) is 20.8 Å². The molecular weight excluding hydrogens is 216 g/mol. The van der Waals surface area contributed by atoms with E-state index in [1.54, 1.807) is 6.92 Å². The van der Waals surface area contributed by atoms with E-state index in [4.69, 9.17) is 10.5 Å². The third kappa shape index (κ3) is 2.47. The average Bonchev–Trinajstić information content (AvgIpc) is 2.61. The van der Waals surface area contributed by atoms with Crippen LogP contribution in [0.3, 0.4) is 0 Å². The molecule has 0 saturated heterocycles. The second kappa shape index (κ2) is 5.10. The molecule has 8 nitrogen and oxygen atoms in total. The summed E-state index contributed by atoms with van der Waals surface area (Å²) in [6, 6.07) is 0. The number of rotatable bonds is 4. The van der Waals surface area contributed by atoms with Gasteiger partial charge in [0.1, 0.15) is 6.54 Å². The third-order valence-corrected chi connectivity index (χ3v) is 1.75. The molecular formula is C8H12N4O4. The van der Waals surface area contributed by atoms with E-state index in [1.165, 1.54) is 7.11 Å². The Morgan fingerprint density at radius 1 is 1.50 bits per heavy atom. The molecule has 0 radical (unpaired) electrons. The van der Waals surface area contributed by atoms with Crippen molar-refractivity contribution in [3.05, 3.63) is 5.69 Å². The first-order valence-corrected chi connectivity index (χ1v) is 4.53. The van der Waals surface area contributed by atoms with Crippen molar-refractivity contribution in [3.8, 4) is 0 Å². The summed E-state index contributed by atoms with van der Waals surface area (Å²) in [5, 5.41) is 7.07. The van der Waals surface area contributed by atoms with Crippen molar-refractivity contribution < 1.29 is 19.1 Å².